The molecular weight excluding hydrogens is 290 g/mol. The van der Waals surface area contributed by atoms with E-state index in [0.717, 1.165) is 16.8 Å². The van der Waals surface area contributed by atoms with Gasteiger partial charge in [0.1, 0.15) is 5.75 Å². The van der Waals surface area contributed by atoms with Crippen LogP contribution in [0.3, 0.4) is 0 Å². The Kier molecular flexibility index (Phi) is 5.74. The normalized spacial score (nSPS) is 10.6. The lowest BCUT2D eigenvalue weighted by Gasteiger charge is -2.09. The highest BCUT2D eigenvalue weighted by Gasteiger charge is 2.02. The monoisotopic (exact) mass is 311 g/mol. The molecule has 5 heteroatoms. The summed E-state index contributed by atoms with van der Waals surface area (Å²) in [6.45, 7) is 4.20. The van der Waals surface area contributed by atoms with Gasteiger partial charge >= 0.3 is 0 Å². The maximum absolute atomic E-state index is 11.8. The largest absolute Gasteiger partial charge is 0.496 e. The van der Waals surface area contributed by atoms with Gasteiger partial charge in [0.15, 0.2) is 0 Å². The van der Waals surface area contributed by atoms with Crippen LogP contribution in [-0.4, -0.2) is 25.8 Å². The fourth-order valence-corrected chi connectivity index (χ4v) is 2.17. The van der Waals surface area contributed by atoms with Gasteiger partial charge in [-0.05, 0) is 37.6 Å². The second-order valence-corrected chi connectivity index (χ2v) is 5.21. The Hall–Kier alpha value is -2.82. The number of para-hydroxylation sites is 1. The second kappa shape index (κ2) is 7.98. The van der Waals surface area contributed by atoms with E-state index in [1.807, 2.05) is 50.2 Å². The quantitative estimate of drug-likeness (QED) is 0.637. The minimum Gasteiger partial charge on any atom is -0.496 e. The maximum atomic E-state index is 11.8. The minimum absolute atomic E-state index is 0.160. The summed E-state index contributed by atoms with van der Waals surface area (Å²) in [6.07, 6.45) is 1.56. The van der Waals surface area contributed by atoms with Crippen LogP contribution >= 0.6 is 0 Å². The van der Waals surface area contributed by atoms with Crippen LogP contribution in [0.4, 0.5) is 5.69 Å². The van der Waals surface area contributed by atoms with Gasteiger partial charge in [0, 0.05) is 11.3 Å². The van der Waals surface area contributed by atoms with Crippen molar-refractivity contribution in [3.05, 3.63) is 59.2 Å². The number of hydrogen-bond acceptors (Lipinski definition) is 4. The van der Waals surface area contributed by atoms with E-state index in [1.165, 1.54) is 5.56 Å². The lowest BCUT2D eigenvalue weighted by Crippen LogP contribution is -2.26. The number of nitrogens with one attached hydrogen (secondary N) is 2. The number of methoxy groups -OCH3 is 1. The van der Waals surface area contributed by atoms with Crippen LogP contribution in [0.25, 0.3) is 0 Å². The third-order valence-electron chi connectivity index (χ3n) is 3.35. The van der Waals surface area contributed by atoms with Crippen LogP contribution in [0.1, 0.15) is 16.7 Å². The number of amides is 1. The number of anilines is 1. The third-order valence-corrected chi connectivity index (χ3v) is 3.35. The molecule has 2 rings (SSSR count). The van der Waals surface area contributed by atoms with Crippen molar-refractivity contribution in [3.63, 3.8) is 0 Å². The topological polar surface area (TPSA) is 62.7 Å². The predicted molar refractivity (Wildman–Crippen MR) is 93.1 cm³/mol. The Labute approximate surface area is 136 Å². The standard InChI is InChI=1S/C18H21N3O2/c1-13-8-9-16(14(2)10-13)19-12-18(22)21-20-11-15-6-4-5-7-17(15)23-3/h4-11,19H,12H2,1-3H3,(H,21,22). The highest BCUT2D eigenvalue weighted by molar-refractivity contribution is 5.86. The van der Waals surface area contributed by atoms with Crippen molar-refractivity contribution in [2.24, 2.45) is 5.10 Å². The molecule has 0 aliphatic heterocycles. The summed E-state index contributed by atoms with van der Waals surface area (Å²) >= 11 is 0. The zero-order valence-electron chi connectivity index (χ0n) is 13.6. The molecule has 0 radical (unpaired) electrons. The lowest BCUT2D eigenvalue weighted by atomic mass is 10.1. The van der Waals surface area contributed by atoms with Crippen LogP contribution in [0.2, 0.25) is 0 Å². The Morgan fingerprint density at radius 1 is 1.22 bits per heavy atom. The molecular formula is C18H21N3O2. The van der Waals surface area contributed by atoms with Crippen molar-refractivity contribution in [2.75, 3.05) is 19.0 Å². The van der Waals surface area contributed by atoms with Gasteiger partial charge in [0.25, 0.3) is 5.91 Å². The number of benzene rings is 2. The van der Waals surface area contributed by atoms with E-state index in [2.05, 4.69) is 21.9 Å². The summed E-state index contributed by atoms with van der Waals surface area (Å²) in [5.74, 6) is 0.495. The lowest BCUT2D eigenvalue weighted by molar-refractivity contribution is -0.119. The number of carbonyl (C=O) groups is 1. The summed E-state index contributed by atoms with van der Waals surface area (Å²) in [4.78, 5) is 11.8. The summed E-state index contributed by atoms with van der Waals surface area (Å²) < 4.78 is 5.21. The van der Waals surface area contributed by atoms with Gasteiger partial charge in [0.2, 0.25) is 0 Å². The van der Waals surface area contributed by atoms with Crippen molar-refractivity contribution in [1.82, 2.24) is 5.43 Å². The van der Waals surface area contributed by atoms with Gasteiger partial charge in [-0.25, -0.2) is 5.43 Å². The predicted octanol–water partition coefficient (Wildman–Crippen LogP) is 2.87. The molecule has 0 saturated heterocycles. The molecule has 2 aromatic carbocycles. The minimum atomic E-state index is -0.212. The van der Waals surface area contributed by atoms with E-state index >= 15 is 0 Å². The first-order valence-corrected chi connectivity index (χ1v) is 7.36. The van der Waals surface area contributed by atoms with Crippen molar-refractivity contribution < 1.29 is 9.53 Å². The van der Waals surface area contributed by atoms with Crippen molar-refractivity contribution in [3.8, 4) is 5.75 Å². The Morgan fingerprint density at radius 2 is 2.00 bits per heavy atom. The van der Waals surface area contributed by atoms with E-state index in [9.17, 15) is 4.79 Å². The van der Waals surface area contributed by atoms with Crippen LogP contribution in [0, 0.1) is 13.8 Å². The Morgan fingerprint density at radius 3 is 2.74 bits per heavy atom. The molecule has 0 aliphatic carbocycles. The average molecular weight is 311 g/mol. The molecule has 0 aromatic heterocycles. The van der Waals surface area contributed by atoms with E-state index in [4.69, 9.17) is 4.74 Å². The molecule has 0 spiro atoms. The highest BCUT2D eigenvalue weighted by Crippen LogP contribution is 2.15. The first-order chi connectivity index (χ1) is 11.1. The number of aryl methyl sites for hydroxylation is 2. The molecule has 120 valence electrons. The fourth-order valence-electron chi connectivity index (χ4n) is 2.17. The van der Waals surface area contributed by atoms with Crippen LogP contribution in [0.5, 0.6) is 5.75 Å². The number of rotatable bonds is 6. The van der Waals surface area contributed by atoms with E-state index in [-0.39, 0.29) is 12.5 Å². The SMILES string of the molecule is COc1ccccc1C=NNC(=O)CNc1ccc(C)cc1C. The summed E-state index contributed by atoms with van der Waals surface area (Å²) in [5, 5.41) is 7.05. The van der Waals surface area contributed by atoms with Gasteiger partial charge in [-0.2, -0.15) is 5.10 Å². The Balaban J connectivity index is 1.86. The maximum Gasteiger partial charge on any atom is 0.259 e. The number of carbonyl (C=O) groups excluding carboxylic acids is 1. The zero-order chi connectivity index (χ0) is 16.7. The summed E-state index contributed by atoms with van der Waals surface area (Å²) in [5.41, 5.74) is 6.54. The molecule has 2 N–H and O–H groups in total. The smallest absolute Gasteiger partial charge is 0.259 e. The van der Waals surface area contributed by atoms with E-state index in [1.54, 1.807) is 13.3 Å². The summed E-state index contributed by atoms with van der Waals surface area (Å²) in [6, 6.07) is 13.5. The van der Waals surface area contributed by atoms with Gasteiger partial charge < -0.3 is 10.1 Å². The first-order valence-electron chi connectivity index (χ1n) is 7.36. The average Bonchev–Trinajstić information content (AvgIpc) is 2.54. The van der Waals surface area contributed by atoms with Gasteiger partial charge in [0.05, 0.1) is 19.9 Å². The molecule has 23 heavy (non-hydrogen) atoms. The molecule has 0 bridgehead atoms. The van der Waals surface area contributed by atoms with Crippen molar-refractivity contribution in [2.45, 2.75) is 13.8 Å². The van der Waals surface area contributed by atoms with Gasteiger partial charge in [-0.15, -0.1) is 0 Å². The van der Waals surface area contributed by atoms with Gasteiger partial charge in [-0.1, -0.05) is 29.8 Å². The molecule has 0 aliphatic rings. The van der Waals surface area contributed by atoms with Crippen LogP contribution in [0.15, 0.2) is 47.6 Å². The van der Waals surface area contributed by atoms with Crippen molar-refractivity contribution in [1.29, 1.82) is 0 Å². The molecule has 0 fully saturated rings. The first kappa shape index (κ1) is 16.5. The molecule has 0 unspecified atom stereocenters. The highest BCUT2D eigenvalue weighted by atomic mass is 16.5. The Bertz CT molecular complexity index is 711. The van der Waals surface area contributed by atoms with Crippen molar-refractivity contribution >= 4 is 17.8 Å². The van der Waals surface area contributed by atoms with Crippen LogP contribution < -0.4 is 15.5 Å². The number of ether oxygens (including phenoxy) is 1. The molecule has 0 saturated carbocycles. The van der Waals surface area contributed by atoms with E-state index in [0.29, 0.717) is 5.75 Å². The number of hydrazone groups is 1. The molecule has 0 atom stereocenters. The fraction of sp³-hybridized carbons (Fsp3) is 0.222. The molecule has 0 heterocycles. The molecule has 1 amide bonds. The van der Waals surface area contributed by atoms with Gasteiger partial charge in [-0.3, -0.25) is 4.79 Å². The molecule has 5 nitrogen and oxygen atoms in total. The zero-order valence-corrected chi connectivity index (χ0v) is 13.6. The number of hydrogen-bond donors (Lipinski definition) is 2. The summed E-state index contributed by atoms with van der Waals surface area (Å²) in [7, 11) is 1.60. The molecule has 2 aromatic rings. The van der Waals surface area contributed by atoms with E-state index < -0.39 is 0 Å². The van der Waals surface area contributed by atoms with Crippen LogP contribution in [-0.2, 0) is 4.79 Å². The second-order valence-electron chi connectivity index (χ2n) is 5.21. The third kappa shape index (κ3) is 4.85. The number of nitrogens with zero attached hydrogens (tertiary/aromatic N) is 1.